The topological polar surface area (TPSA) is 21.6 Å². The van der Waals surface area contributed by atoms with E-state index in [9.17, 15) is 39.5 Å². The Morgan fingerprint density at radius 1 is 0.500 bits per heavy atom. The Balaban J connectivity index is 2.34. The summed E-state index contributed by atoms with van der Waals surface area (Å²) >= 11 is 0. The molecule has 0 bridgehead atoms. The van der Waals surface area contributed by atoms with Gasteiger partial charge in [-0.1, -0.05) is 62.3 Å². The third-order valence-electron chi connectivity index (χ3n) is 8.30. The highest BCUT2D eigenvalue weighted by Crippen LogP contribution is 2.36. The lowest BCUT2D eigenvalue weighted by Gasteiger charge is -2.46. The molecule has 0 spiro atoms. The minimum Gasteiger partial charge on any atom is -0.567 e. The van der Waals surface area contributed by atoms with Gasteiger partial charge in [-0.3, -0.25) is 4.99 Å². The highest BCUT2D eigenvalue weighted by atomic mass is 19.2. The second kappa shape index (κ2) is 14.5. The average molecular weight is 756 g/mol. The molecule has 278 valence electrons. The first-order valence-corrected chi connectivity index (χ1v) is 14.8. The van der Waals surface area contributed by atoms with Crippen LogP contribution < -0.4 is 16.4 Å². The summed E-state index contributed by atoms with van der Waals surface area (Å²) in [4.78, 5) is 4.26. The number of aliphatic imine (C=N–C) groups is 1. The maximum atomic E-state index is 15.8. The van der Waals surface area contributed by atoms with Crippen LogP contribution in [-0.2, 0) is 4.65 Å². The second-order valence-corrected chi connectivity index (χ2v) is 12.1. The number of halogens is 15. The zero-order valence-corrected chi connectivity index (χ0v) is 27.2. The average Bonchev–Trinajstić information content (AvgIpc) is 3.09. The Bertz CT molecular complexity index is 1850. The van der Waals surface area contributed by atoms with Gasteiger partial charge in [-0.15, -0.1) is 0 Å². The van der Waals surface area contributed by atoms with Gasteiger partial charge in [0.05, 0.1) is 11.8 Å². The monoisotopic (exact) mass is 756 g/mol. The molecule has 4 aromatic rings. The van der Waals surface area contributed by atoms with Crippen LogP contribution in [0.1, 0.15) is 57.6 Å². The van der Waals surface area contributed by atoms with Crippen LogP contribution in [0.15, 0.2) is 23.2 Å². The van der Waals surface area contributed by atoms with Gasteiger partial charge >= 0.3 is 0 Å². The van der Waals surface area contributed by atoms with Crippen molar-refractivity contribution in [2.24, 2.45) is 4.99 Å². The summed E-state index contributed by atoms with van der Waals surface area (Å²) in [7, 11) is 0. The maximum Gasteiger partial charge on any atom is 0.217 e. The van der Waals surface area contributed by atoms with Gasteiger partial charge in [0.15, 0.2) is 52.4 Å². The van der Waals surface area contributed by atoms with E-state index in [0.717, 1.165) is 6.92 Å². The van der Waals surface area contributed by atoms with Crippen LogP contribution >= 0.6 is 0 Å². The maximum absolute atomic E-state index is 15.8. The predicted octanol–water partition coefficient (Wildman–Crippen LogP) is 9.16. The van der Waals surface area contributed by atoms with Gasteiger partial charge in [-0.25, -0.2) is 65.9 Å². The molecule has 0 aromatic heterocycles. The van der Waals surface area contributed by atoms with Crippen LogP contribution in [0.3, 0.4) is 0 Å². The van der Waals surface area contributed by atoms with Crippen molar-refractivity contribution in [1.29, 1.82) is 0 Å². The first kappa shape index (κ1) is 40.3. The lowest BCUT2D eigenvalue weighted by Crippen LogP contribution is -2.75. The molecule has 0 heterocycles. The van der Waals surface area contributed by atoms with Crippen LogP contribution in [-0.4, -0.2) is 12.1 Å². The van der Waals surface area contributed by atoms with E-state index >= 15 is 26.3 Å². The first-order valence-electron chi connectivity index (χ1n) is 14.8. The number of hydrogen-bond acceptors (Lipinski definition) is 2. The fourth-order valence-corrected chi connectivity index (χ4v) is 5.72. The van der Waals surface area contributed by atoms with Crippen molar-refractivity contribution in [3.05, 3.63) is 130 Å². The second-order valence-electron chi connectivity index (χ2n) is 12.1. The minimum atomic E-state index is -6.30. The molecule has 0 saturated carbocycles. The summed E-state index contributed by atoms with van der Waals surface area (Å²) in [6.07, 6.45) is -7.70. The first-order chi connectivity index (χ1) is 24.1. The van der Waals surface area contributed by atoms with Gasteiger partial charge in [-0.2, -0.15) is 0 Å². The molecule has 0 fully saturated rings. The van der Waals surface area contributed by atoms with E-state index in [1.54, 1.807) is 45.9 Å². The highest BCUT2D eigenvalue weighted by molar-refractivity contribution is 7.07. The van der Waals surface area contributed by atoms with E-state index in [-0.39, 0.29) is 17.5 Å². The summed E-state index contributed by atoms with van der Waals surface area (Å²) < 4.78 is 231. The highest BCUT2D eigenvalue weighted by Gasteiger charge is 2.50. The van der Waals surface area contributed by atoms with Crippen molar-refractivity contribution in [2.45, 2.75) is 46.5 Å². The number of para-hydroxylation sites is 1. The molecule has 0 saturated heterocycles. The fourth-order valence-electron chi connectivity index (χ4n) is 5.72. The van der Waals surface area contributed by atoms with Crippen molar-refractivity contribution < 1.29 is 70.5 Å². The number of nitrogens with zero attached hydrogens (tertiary/aromatic N) is 1. The Morgan fingerprint density at radius 2 is 0.750 bits per heavy atom. The molecule has 2 nitrogen and oxygen atoms in total. The molecule has 4 aromatic carbocycles. The van der Waals surface area contributed by atoms with Gasteiger partial charge in [0.25, 0.3) is 0 Å². The number of rotatable bonds is 9. The molecule has 18 heteroatoms. The van der Waals surface area contributed by atoms with Crippen LogP contribution in [0.4, 0.5) is 71.5 Å². The van der Waals surface area contributed by atoms with Crippen LogP contribution in [0.2, 0.25) is 0 Å². The van der Waals surface area contributed by atoms with Gasteiger partial charge in [0.2, 0.25) is 6.35 Å². The Kier molecular flexibility index (Phi) is 11.2. The molecule has 0 aliphatic rings. The quantitative estimate of drug-likeness (QED) is 0.0549. The normalized spacial score (nSPS) is 12.7. The van der Waals surface area contributed by atoms with Crippen molar-refractivity contribution in [2.75, 3.05) is 0 Å². The predicted molar refractivity (Wildman–Crippen MR) is 160 cm³/mol. The van der Waals surface area contributed by atoms with Crippen LogP contribution in [0.5, 0.6) is 0 Å². The summed E-state index contributed by atoms with van der Waals surface area (Å²) in [6.45, 7) is 11.0. The summed E-state index contributed by atoms with van der Waals surface area (Å²) in [5, 5.41) is 0. The van der Waals surface area contributed by atoms with Crippen molar-refractivity contribution in [1.82, 2.24) is 0 Å². The standard InChI is InChI=1S/C34H22BF15NO/c1-10(2)14-8-7-9-15(11(3)4)34(14)51-12(5)13(6)52-35(16-19(36)25(42)31(48)26(43)20(16)37,17-21(38)27(44)32(49)28(45)22(17)39)18-23(40)29(46)33(50)30(47)24(18)41/h7-11H,6H2,1-5H3/q-1. The molecule has 0 aliphatic heterocycles. The smallest absolute Gasteiger partial charge is 0.217 e. The molecule has 52 heavy (non-hydrogen) atoms. The molecule has 0 N–H and O–H groups in total. The van der Waals surface area contributed by atoms with Crippen LogP contribution in [0, 0.1) is 100 Å². The van der Waals surface area contributed by atoms with E-state index in [0.29, 0.717) is 11.1 Å². The Labute approximate surface area is 285 Å². The zero-order chi connectivity index (χ0) is 39.5. The van der Waals surface area contributed by atoms with Gasteiger partial charge < -0.3 is 4.65 Å². The van der Waals surface area contributed by atoms with Gasteiger partial charge in [0, 0.05) is 5.71 Å². The molecule has 0 atom stereocenters. The summed E-state index contributed by atoms with van der Waals surface area (Å²) in [5.74, 6) is -47.8. The number of hydrogen-bond donors (Lipinski definition) is 0. The van der Waals surface area contributed by atoms with Crippen LogP contribution in [0.25, 0.3) is 0 Å². The third kappa shape index (κ3) is 6.21. The molecule has 0 amide bonds. The fraction of sp³-hybridized carbons (Fsp3) is 0.206. The molecule has 0 unspecified atom stereocenters. The van der Waals surface area contributed by atoms with E-state index in [1.165, 1.54) is 0 Å². The SMILES string of the molecule is [CH2][C](O[B-](c1c(F)c(F)c(F)c(F)c1F)(c1c(F)c(F)c(F)c(F)c1F)c1c(F)c(F)c(F)c(F)c1F)C(C)=Nc1c(C(C)C)cccc1C(C)C. The lowest BCUT2D eigenvalue weighted by atomic mass is 9.27. The van der Waals surface area contributed by atoms with Gasteiger partial charge in [0.1, 0.15) is 34.9 Å². The summed E-state index contributed by atoms with van der Waals surface area (Å²) in [6, 6.07) is 4.76. The lowest BCUT2D eigenvalue weighted by molar-refractivity contribution is 0.359. The molecule has 0 aliphatic carbocycles. The van der Waals surface area contributed by atoms with E-state index in [1.807, 2.05) is 0 Å². The largest absolute Gasteiger partial charge is 0.567 e. The van der Waals surface area contributed by atoms with E-state index in [4.69, 9.17) is 4.65 Å². The minimum absolute atomic E-state index is 0.0940. The molecule has 2 radical (unpaired) electrons. The van der Waals surface area contributed by atoms with Crippen molar-refractivity contribution in [3.8, 4) is 0 Å². The van der Waals surface area contributed by atoms with Crippen molar-refractivity contribution in [3.63, 3.8) is 0 Å². The number of benzene rings is 4. The Hall–Kier alpha value is -4.48. The third-order valence-corrected chi connectivity index (χ3v) is 8.30. The van der Waals surface area contributed by atoms with E-state index in [2.05, 4.69) is 11.9 Å². The Morgan fingerprint density at radius 3 is 1.00 bits per heavy atom. The molecular formula is C34H22BF15NO-. The molecular weight excluding hydrogens is 734 g/mol. The van der Waals surface area contributed by atoms with Crippen molar-refractivity contribution >= 4 is 34.1 Å². The summed E-state index contributed by atoms with van der Waals surface area (Å²) in [5.41, 5.74) is -8.43. The zero-order valence-electron chi connectivity index (χ0n) is 27.2. The van der Waals surface area contributed by atoms with Gasteiger partial charge in [-0.05, 0) is 36.8 Å². The van der Waals surface area contributed by atoms with E-state index < -0.39 is 122 Å². The molecule has 4 rings (SSSR count).